The summed E-state index contributed by atoms with van der Waals surface area (Å²) in [6, 6.07) is 4.99. The molecular formula is C11H18N2S. The molecule has 1 fully saturated rings. The molecule has 2 heterocycles. The van der Waals surface area contributed by atoms with E-state index < -0.39 is 0 Å². The highest BCUT2D eigenvalue weighted by molar-refractivity contribution is 7.14. The smallest absolute Gasteiger partial charge is 0.0906 e. The molecule has 1 saturated heterocycles. The van der Waals surface area contributed by atoms with Crippen LogP contribution >= 0.6 is 11.3 Å². The van der Waals surface area contributed by atoms with E-state index in [0.717, 1.165) is 6.54 Å². The van der Waals surface area contributed by atoms with Gasteiger partial charge in [0.25, 0.3) is 0 Å². The second-order valence-electron chi connectivity index (χ2n) is 3.98. The molecule has 0 amide bonds. The van der Waals surface area contributed by atoms with E-state index >= 15 is 0 Å². The van der Waals surface area contributed by atoms with Crippen LogP contribution in [-0.2, 0) is 0 Å². The van der Waals surface area contributed by atoms with Crippen molar-refractivity contribution >= 4 is 16.3 Å². The average Bonchev–Trinajstić information content (AvgIpc) is 2.72. The molecule has 1 atom stereocenters. The maximum absolute atomic E-state index is 3.57. The van der Waals surface area contributed by atoms with Gasteiger partial charge in [0.1, 0.15) is 0 Å². The fourth-order valence-electron chi connectivity index (χ4n) is 1.99. The predicted octanol–water partition coefficient (Wildman–Crippen LogP) is 2.33. The molecule has 2 rings (SSSR count). The summed E-state index contributed by atoms with van der Waals surface area (Å²) in [5.41, 5.74) is 0. The molecule has 1 aliphatic heterocycles. The highest BCUT2D eigenvalue weighted by atomic mass is 32.1. The van der Waals surface area contributed by atoms with Crippen LogP contribution in [0.2, 0.25) is 0 Å². The zero-order chi connectivity index (χ0) is 9.80. The van der Waals surface area contributed by atoms with E-state index in [2.05, 4.69) is 34.8 Å². The molecule has 0 bridgehead atoms. The van der Waals surface area contributed by atoms with Crippen LogP contribution in [0.1, 0.15) is 19.3 Å². The van der Waals surface area contributed by atoms with E-state index in [1.165, 1.54) is 30.8 Å². The minimum absolute atomic E-state index is 0.691. The zero-order valence-electron chi connectivity index (χ0n) is 8.70. The number of thiophene rings is 1. The molecule has 0 radical (unpaired) electrons. The van der Waals surface area contributed by atoms with Crippen molar-refractivity contribution < 1.29 is 0 Å². The molecule has 1 N–H and O–H groups in total. The molecule has 1 aromatic rings. The van der Waals surface area contributed by atoms with E-state index in [-0.39, 0.29) is 0 Å². The van der Waals surface area contributed by atoms with Crippen molar-refractivity contribution in [3.8, 4) is 0 Å². The Bertz CT molecular complexity index is 252. The lowest BCUT2D eigenvalue weighted by Crippen LogP contribution is -2.42. The van der Waals surface area contributed by atoms with Gasteiger partial charge >= 0.3 is 0 Å². The van der Waals surface area contributed by atoms with Gasteiger partial charge in [-0.25, -0.2) is 0 Å². The van der Waals surface area contributed by atoms with Crippen LogP contribution in [0.25, 0.3) is 0 Å². The van der Waals surface area contributed by atoms with Gasteiger partial charge in [0.2, 0.25) is 0 Å². The van der Waals surface area contributed by atoms with E-state index in [4.69, 9.17) is 0 Å². The van der Waals surface area contributed by atoms with Crippen molar-refractivity contribution in [3.63, 3.8) is 0 Å². The molecule has 1 aromatic heterocycles. The van der Waals surface area contributed by atoms with Gasteiger partial charge in [0, 0.05) is 19.6 Å². The normalized spacial score (nSPS) is 22.2. The van der Waals surface area contributed by atoms with Crippen molar-refractivity contribution in [2.24, 2.45) is 0 Å². The quantitative estimate of drug-likeness (QED) is 0.823. The minimum atomic E-state index is 0.691. The zero-order valence-corrected chi connectivity index (χ0v) is 9.52. The van der Waals surface area contributed by atoms with Gasteiger partial charge in [0.15, 0.2) is 0 Å². The van der Waals surface area contributed by atoms with Crippen LogP contribution in [0, 0.1) is 0 Å². The maximum Gasteiger partial charge on any atom is 0.0906 e. The topological polar surface area (TPSA) is 15.3 Å². The van der Waals surface area contributed by atoms with Gasteiger partial charge in [-0.15, -0.1) is 11.3 Å². The largest absolute Gasteiger partial charge is 0.365 e. The lowest BCUT2D eigenvalue weighted by Gasteiger charge is -2.28. The molecule has 78 valence electrons. The fraction of sp³-hybridized carbons (Fsp3) is 0.636. The first kappa shape index (κ1) is 9.99. The molecule has 1 aliphatic rings. The van der Waals surface area contributed by atoms with E-state index in [1.54, 1.807) is 0 Å². The summed E-state index contributed by atoms with van der Waals surface area (Å²) in [7, 11) is 2.18. The second kappa shape index (κ2) is 4.80. The first-order valence-electron chi connectivity index (χ1n) is 5.34. The third kappa shape index (κ3) is 2.49. The van der Waals surface area contributed by atoms with Gasteiger partial charge in [-0.2, -0.15) is 0 Å². The Labute approximate surface area is 89.9 Å². The first-order valence-corrected chi connectivity index (χ1v) is 6.22. The summed E-state index contributed by atoms with van der Waals surface area (Å²) in [4.78, 5) is 2.35. The van der Waals surface area contributed by atoms with Crippen LogP contribution in [0.5, 0.6) is 0 Å². The lowest BCUT2D eigenvalue weighted by molar-refractivity contribution is 0.404. The van der Waals surface area contributed by atoms with Gasteiger partial charge in [0.05, 0.1) is 5.00 Å². The highest BCUT2D eigenvalue weighted by Gasteiger charge is 2.14. The summed E-state index contributed by atoms with van der Waals surface area (Å²) in [6.07, 6.45) is 4.06. The monoisotopic (exact) mass is 210 g/mol. The Morgan fingerprint density at radius 3 is 3.14 bits per heavy atom. The molecular weight excluding hydrogens is 192 g/mol. The summed E-state index contributed by atoms with van der Waals surface area (Å²) in [6.45, 7) is 2.34. The van der Waals surface area contributed by atoms with E-state index in [9.17, 15) is 0 Å². The lowest BCUT2D eigenvalue weighted by atomic mass is 10.0. The number of anilines is 1. The number of nitrogens with zero attached hydrogens (tertiary/aromatic N) is 1. The Morgan fingerprint density at radius 2 is 2.50 bits per heavy atom. The number of rotatable bonds is 3. The molecule has 0 spiro atoms. The Hall–Kier alpha value is -0.540. The van der Waals surface area contributed by atoms with Gasteiger partial charge in [-0.1, -0.05) is 6.42 Å². The number of nitrogens with one attached hydrogen (secondary N) is 1. The van der Waals surface area contributed by atoms with Crippen LogP contribution in [0.3, 0.4) is 0 Å². The highest BCUT2D eigenvalue weighted by Crippen LogP contribution is 2.20. The number of hydrogen-bond acceptors (Lipinski definition) is 3. The standard InChI is InChI=1S/C11H18N2S/c1-13(11-6-4-8-14-11)9-10-5-2-3-7-12-10/h4,6,8,10,12H,2-3,5,7,9H2,1H3. The van der Waals surface area contributed by atoms with Crippen molar-refractivity contribution in [1.29, 1.82) is 0 Å². The Balaban J connectivity index is 1.84. The number of likely N-dealkylation sites (N-methyl/N-ethyl adjacent to an activating group) is 1. The van der Waals surface area contributed by atoms with E-state index in [1.807, 2.05) is 11.3 Å². The summed E-state index contributed by atoms with van der Waals surface area (Å²) >= 11 is 1.82. The Kier molecular flexibility index (Phi) is 3.43. The van der Waals surface area contributed by atoms with Crippen LogP contribution in [-0.4, -0.2) is 26.2 Å². The van der Waals surface area contributed by atoms with Crippen molar-refractivity contribution in [1.82, 2.24) is 5.32 Å². The molecule has 1 unspecified atom stereocenters. The van der Waals surface area contributed by atoms with Gasteiger partial charge < -0.3 is 10.2 Å². The minimum Gasteiger partial charge on any atom is -0.365 e. The predicted molar refractivity (Wildman–Crippen MR) is 63.2 cm³/mol. The first-order chi connectivity index (χ1) is 6.86. The Morgan fingerprint density at radius 1 is 1.57 bits per heavy atom. The fourth-order valence-corrected chi connectivity index (χ4v) is 2.70. The van der Waals surface area contributed by atoms with Crippen LogP contribution < -0.4 is 10.2 Å². The SMILES string of the molecule is CN(CC1CCCCN1)c1cccs1. The van der Waals surface area contributed by atoms with E-state index in [0.29, 0.717) is 6.04 Å². The van der Waals surface area contributed by atoms with Crippen LogP contribution in [0.15, 0.2) is 17.5 Å². The molecule has 3 heteroatoms. The summed E-state index contributed by atoms with van der Waals surface area (Å²) in [5.74, 6) is 0. The third-order valence-corrected chi connectivity index (χ3v) is 3.77. The molecule has 2 nitrogen and oxygen atoms in total. The van der Waals surface area contributed by atoms with Gasteiger partial charge in [-0.05, 0) is 36.9 Å². The van der Waals surface area contributed by atoms with Gasteiger partial charge in [-0.3, -0.25) is 0 Å². The third-order valence-electron chi connectivity index (χ3n) is 2.79. The number of hydrogen-bond donors (Lipinski definition) is 1. The second-order valence-corrected chi connectivity index (χ2v) is 4.90. The summed E-state index contributed by atoms with van der Waals surface area (Å²) < 4.78 is 0. The van der Waals surface area contributed by atoms with Crippen LogP contribution in [0.4, 0.5) is 5.00 Å². The molecule has 14 heavy (non-hydrogen) atoms. The molecule has 0 aromatic carbocycles. The summed E-state index contributed by atoms with van der Waals surface area (Å²) in [5, 5.41) is 7.09. The van der Waals surface area contributed by atoms with Crippen molar-refractivity contribution in [2.75, 3.05) is 25.0 Å². The number of piperidine rings is 1. The molecule has 0 saturated carbocycles. The average molecular weight is 210 g/mol. The van der Waals surface area contributed by atoms with Crippen molar-refractivity contribution in [3.05, 3.63) is 17.5 Å². The van der Waals surface area contributed by atoms with Crippen molar-refractivity contribution in [2.45, 2.75) is 25.3 Å². The molecule has 0 aliphatic carbocycles. The maximum atomic E-state index is 3.57.